The van der Waals surface area contributed by atoms with E-state index in [1.54, 1.807) is 0 Å². The number of nitrogens with two attached hydrogens (primary N) is 2. The standard InChI is InChI=1S/C46H82N4O9P2/c1-34-22-20-23-35(39(34)54-45(14,15)48)28-49(32-60(51,56-41(2,3)4)57-42(5,6)7)30-38(26-18-19-27-47)50(33-61(52,58-43(8,9)10)59-44(11,12)13)29-36-24-21-25-37-31-53-46(16,17)55-40(36)37/h20-25,38H,18-19,26-33,47-48H2,1-17H3. The molecule has 1 aliphatic heterocycles. The van der Waals surface area contributed by atoms with Gasteiger partial charge in [-0.15, -0.1) is 0 Å². The topological polar surface area (TPSA) is 157 Å². The number of nitrogens with zero attached hydrogens (tertiary/aromatic N) is 2. The van der Waals surface area contributed by atoms with E-state index in [1.165, 1.54) is 0 Å². The lowest BCUT2D eigenvalue weighted by molar-refractivity contribution is -0.180. The van der Waals surface area contributed by atoms with E-state index in [9.17, 15) is 0 Å². The molecule has 3 rings (SSSR count). The third kappa shape index (κ3) is 19.4. The van der Waals surface area contributed by atoms with Gasteiger partial charge in [-0.1, -0.05) is 42.8 Å². The highest BCUT2D eigenvalue weighted by molar-refractivity contribution is 7.54. The lowest BCUT2D eigenvalue weighted by Gasteiger charge is -2.41. The first-order valence-corrected chi connectivity index (χ1v) is 25.2. The fraction of sp³-hybridized carbons (Fsp3) is 0.739. The van der Waals surface area contributed by atoms with Crippen LogP contribution in [0.2, 0.25) is 0 Å². The van der Waals surface area contributed by atoms with Gasteiger partial charge in [-0.3, -0.25) is 24.7 Å². The van der Waals surface area contributed by atoms with Crippen LogP contribution in [-0.2, 0) is 51.7 Å². The number of unbranched alkanes of at least 4 members (excludes halogenated alkanes) is 1. The van der Waals surface area contributed by atoms with Crippen molar-refractivity contribution in [1.82, 2.24) is 9.80 Å². The van der Waals surface area contributed by atoms with Crippen molar-refractivity contribution in [3.8, 4) is 11.5 Å². The summed E-state index contributed by atoms with van der Waals surface area (Å²) in [6, 6.07) is 11.7. The Balaban J connectivity index is 2.34. The van der Waals surface area contributed by atoms with Gasteiger partial charge in [0, 0.05) is 56.2 Å². The molecule has 0 radical (unpaired) electrons. The van der Waals surface area contributed by atoms with Crippen molar-refractivity contribution in [3.05, 3.63) is 58.7 Å². The summed E-state index contributed by atoms with van der Waals surface area (Å²) in [7, 11) is -7.72. The van der Waals surface area contributed by atoms with E-state index in [2.05, 4.69) is 9.80 Å². The molecule has 13 nitrogen and oxygen atoms in total. The average molecular weight is 897 g/mol. The number of hydrogen-bond donors (Lipinski definition) is 2. The summed E-state index contributed by atoms with van der Waals surface area (Å²) in [5.41, 5.74) is 12.0. The first kappa shape index (κ1) is 53.5. The number of hydrogen-bond acceptors (Lipinski definition) is 13. The minimum atomic E-state index is -3.87. The Morgan fingerprint density at radius 1 is 0.738 bits per heavy atom. The Bertz CT molecular complexity index is 1780. The molecule has 4 N–H and O–H groups in total. The van der Waals surface area contributed by atoms with Crippen LogP contribution in [0.15, 0.2) is 36.4 Å². The maximum Gasteiger partial charge on any atom is 0.345 e. The third-order valence-corrected chi connectivity index (χ3v) is 13.6. The predicted molar refractivity (Wildman–Crippen MR) is 247 cm³/mol. The van der Waals surface area contributed by atoms with Gasteiger partial charge in [0.05, 0.1) is 29.0 Å². The normalized spacial score (nSPS) is 16.1. The van der Waals surface area contributed by atoms with Gasteiger partial charge >= 0.3 is 15.2 Å². The van der Waals surface area contributed by atoms with Crippen LogP contribution in [0.25, 0.3) is 0 Å². The van der Waals surface area contributed by atoms with Gasteiger partial charge < -0.3 is 38.0 Å². The molecule has 1 atom stereocenters. The Morgan fingerprint density at radius 2 is 1.25 bits per heavy atom. The molecule has 0 amide bonds. The molecule has 0 aliphatic carbocycles. The quantitative estimate of drug-likeness (QED) is 0.0694. The lowest BCUT2D eigenvalue weighted by atomic mass is 10.0. The van der Waals surface area contributed by atoms with Crippen LogP contribution >= 0.6 is 15.2 Å². The van der Waals surface area contributed by atoms with E-state index in [0.717, 1.165) is 40.8 Å². The number of rotatable bonds is 21. The van der Waals surface area contributed by atoms with E-state index in [4.69, 9.17) is 43.8 Å². The predicted octanol–water partition coefficient (Wildman–Crippen LogP) is 11.1. The largest absolute Gasteiger partial charge is 0.473 e. The molecule has 0 bridgehead atoms. The SMILES string of the molecule is Cc1cccc(CN(CC(CCCCN)N(Cc2cccc3c2OC(C)(C)OC3)CP(=O)(OC(C)(C)C)OC(C)(C)C)CP(=O)(OC(C)(C)C)OC(C)(C)C)c1OC(C)(C)N. The molecule has 0 spiro atoms. The first-order chi connectivity index (χ1) is 27.6. The van der Waals surface area contributed by atoms with Crippen LogP contribution in [0.3, 0.4) is 0 Å². The van der Waals surface area contributed by atoms with Gasteiger partial charge in [-0.25, -0.2) is 0 Å². The van der Waals surface area contributed by atoms with E-state index in [-0.39, 0.29) is 18.6 Å². The van der Waals surface area contributed by atoms with Gasteiger partial charge in [-0.05, 0) is 129 Å². The lowest BCUT2D eigenvalue weighted by Crippen LogP contribution is -2.46. The summed E-state index contributed by atoms with van der Waals surface area (Å²) >= 11 is 0. The summed E-state index contributed by atoms with van der Waals surface area (Å²) in [6.45, 7) is 33.8. The molecule has 1 unspecified atom stereocenters. The highest BCUT2D eigenvalue weighted by atomic mass is 31.2. The monoisotopic (exact) mass is 897 g/mol. The maximum atomic E-state index is 15.3. The van der Waals surface area contributed by atoms with Crippen LogP contribution < -0.4 is 20.9 Å². The highest BCUT2D eigenvalue weighted by Gasteiger charge is 2.42. The number of ether oxygens (including phenoxy) is 3. The second-order valence-corrected chi connectivity index (χ2v) is 25.2. The summed E-state index contributed by atoms with van der Waals surface area (Å²) in [6.07, 6.45) is 2.11. The number of benzene rings is 2. The van der Waals surface area contributed by atoms with Crippen molar-refractivity contribution in [2.75, 3.05) is 25.7 Å². The third-order valence-electron chi connectivity index (χ3n) is 8.88. The van der Waals surface area contributed by atoms with Crippen molar-refractivity contribution in [1.29, 1.82) is 0 Å². The Labute approximate surface area is 369 Å². The molecule has 2 aromatic carbocycles. The second kappa shape index (κ2) is 20.5. The highest BCUT2D eigenvalue weighted by Crippen LogP contribution is 2.57. The summed E-state index contributed by atoms with van der Waals surface area (Å²) in [5.74, 6) is 0.537. The van der Waals surface area contributed by atoms with Crippen molar-refractivity contribution in [2.45, 2.75) is 197 Å². The van der Waals surface area contributed by atoms with Gasteiger partial charge in [-0.2, -0.15) is 0 Å². The summed E-state index contributed by atoms with van der Waals surface area (Å²) < 4.78 is 75.2. The Hall–Kier alpha value is -1.86. The van der Waals surface area contributed by atoms with Crippen LogP contribution in [0, 0.1) is 6.92 Å². The summed E-state index contributed by atoms with van der Waals surface area (Å²) in [4.78, 5) is 4.29. The second-order valence-electron chi connectivity index (χ2n) is 21.5. The van der Waals surface area contributed by atoms with Gasteiger partial charge in [0.15, 0.2) is 5.72 Å². The van der Waals surface area contributed by atoms with Crippen LogP contribution in [0.1, 0.15) is 152 Å². The molecular weight excluding hydrogens is 814 g/mol. The molecule has 61 heavy (non-hydrogen) atoms. The first-order valence-electron chi connectivity index (χ1n) is 21.8. The smallest absolute Gasteiger partial charge is 0.345 e. The average Bonchev–Trinajstić information content (AvgIpc) is 3.01. The van der Waals surface area contributed by atoms with Crippen LogP contribution in [0.4, 0.5) is 0 Å². The molecule has 0 aromatic heterocycles. The van der Waals surface area contributed by atoms with E-state index < -0.39 is 49.1 Å². The van der Waals surface area contributed by atoms with E-state index in [0.29, 0.717) is 45.0 Å². The number of fused-ring (bicyclic) bond motifs is 1. The minimum absolute atomic E-state index is 0.0406. The zero-order valence-electron chi connectivity index (χ0n) is 40.7. The zero-order valence-corrected chi connectivity index (χ0v) is 42.5. The van der Waals surface area contributed by atoms with E-state index in [1.807, 2.05) is 154 Å². The molecular formula is C46H82N4O9P2. The Morgan fingerprint density at radius 3 is 1.75 bits per heavy atom. The van der Waals surface area contributed by atoms with Gasteiger partial charge in [0.25, 0.3) is 0 Å². The molecule has 350 valence electrons. The van der Waals surface area contributed by atoms with Crippen molar-refractivity contribution < 1.29 is 41.4 Å². The molecule has 0 saturated carbocycles. The minimum Gasteiger partial charge on any atom is -0.473 e. The fourth-order valence-electron chi connectivity index (χ4n) is 7.21. The van der Waals surface area contributed by atoms with Gasteiger partial charge in [0.2, 0.25) is 5.79 Å². The Kier molecular flexibility index (Phi) is 18.0. The molecule has 15 heteroatoms. The van der Waals surface area contributed by atoms with E-state index >= 15 is 9.13 Å². The molecule has 0 saturated heterocycles. The van der Waals surface area contributed by atoms with Gasteiger partial charge in [0.1, 0.15) is 24.1 Å². The zero-order chi connectivity index (χ0) is 46.5. The summed E-state index contributed by atoms with van der Waals surface area (Å²) in [5, 5.41) is 0. The molecule has 0 fully saturated rings. The van der Waals surface area contributed by atoms with Crippen molar-refractivity contribution in [2.24, 2.45) is 11.5 Å². The number of aryl methyl sites for hydroxylation is 1. The fourth-order valence-corrected chi connectivity index (χ4v) is 12.3. The molecule has 1 heterocycles. The molecule has 2 aromatic rings. The van der Waals surface area contributed by atoms with Crippen molar-refractivity contribution >= 4 is 15.2 Å². The van der Waals surface area contributed by atoms with Crippen LogP contribution in [0.5, 0.6) is 11.5 Å². The van der Waals surface area contributed by atoms with Crippen molar-refractivity contribution in [3.63, 3.8) is 0 Å². The maximum absolute atomic E-state index is 15.3. The molecule has 1 aliphatic rings. The number of para-hydroxylation sites is 2. The van der Waals surface area contributed by atoms with Crippen LogP contribution in [-0.4, -0.2) is 75.4 Å².